The molecule has 0 saturated carbocycles. The van der Waals surface area contributed by atoms with E-state index in [1.165, 1.54) is 24.8 Å². The lowest BCUT2D eigenvalue weighted by Crippen LogP contribution is -2.03. The van der Waals surface area contributed by atoms with Crippen molar-refractivity contribution in [2.75, 3.05) is 0 Å². The van der Waals surface area contributed by atoms with Crippen molar-refractivity contribution in [3.8, 4) is 5.75 Å². The third-order valence-electron chi connectivity index (χ3n) is 4.61. The first kappa shape index (κ1) is 19.6. The molecule has 2 aromatic carbocycles. The zero-order chi connectivity index (χ0) is 18.9. The molecule has 0 unspecified atom stereocenters. The summed E-state index contributed by atoms with van der Waals surface area (Å²) in [7, 11) is 0. The molecule has 0 aliphatic heterocycles. The van der Waals surface area contributed by atoms with Gasteiger partial charge in [0.2, 0.25) is 0 Å². The van der Waals surface area contributed by atoms with Gasteiger partial charge in [-0.25, -0.2) is 0 Å². The number of unbranched alkanes of at least 4 members (excludes halogenated alkanes) is 2. The predicted octanol–water partition coefficient (Wildman–Crippen LogP) is 7.23. The van der Waals surface area contributed by atoms with Gasteiger partial charge in [-0.2, -0.15) is 0 Å². The van der Waals surface area contributed by atoms with Crippen LogP contribution in [-0.4, -0.2) is 0 Å². The summed E-state index contributed by atoms with van der Waals surface area (Å²) in [6.07, 6.45) is 10.5. The number of hydrogen-bond donors (Lipinski definition) is 0. The normalized spacial score (nSPS) is 13.7. The molecule has 2 aromatic rings. The average molecular weight is 383 g/mol. The van der Waals surface area contributed by atoms with E-state index >= 15 is 0 Å². The van der Waals surface area contributed by atoms with Gasteiger partial charge in [0, 0.05) is 17.5 Å². The highest BCUT2D eigenvalue weighted by molar-refractivity contribution is 6.31. The van der Waals surface area contributed by atoms with Gasteiger partial charge in [-0.3, -0.25) is 0 Å². The van der Waals surface area contributed by atoms with E-state index in [0.717, 1.165) is 47.1 Å². The number of allylic oxidation sites excluding steroid dienone is 3. The van der Waals surface area contributed by atoms with Crippen LogP contribution in [0.25, 0.3) is 0 Å². The van der Waals surface area contributed by atoms with Crippen molar-refractivity contribution in [1.82, 2.24) is 0 Å². The molecule has 3 rings (SSSR count). The van der Waals surface area contributed by atoms with Crippen molar-refractivity contribution < 1.29 is 9.47 Å². The van der Waals surface area contributed by atoms with Gasteiger partial charge >= 0.3 is 0 Å². The molecule has 0 amide bonds. The number of aryl methyl sites for hydroxylation is 1. The Hall–Kier alpha value is -2.19. The molecule has 0 atom stereocenters. The van der Waals surface area contributed by atoms with Crippen LogP contribution in [0, 0.1) is 0 Å². The third-order valence-corrected chi connectivity index (χ3v) is 4.96. The molecular weight excluding hydrogens is 356 g/mol. The first-order valence-electron chi connectivity index (χ1n) is 9.78. The van der Waals surface area contributed by atoms with Crippen molar-refractivity contribution in [1.29, 1.82) is 0 Å². The van der Waals surface area contributed by atoms with Crippen molar-refractivity contribution in [3.63, 3.8) is 0 Å². The summed E-state index contributed by atoms with van der Waals surface area (Å²) in [5.41, 5.74) is 2.35. The van der Waals surface area contributed by atoms with E-state index < -0.39 is 0 Å². The summed E-state index contributed by atoms with van der Waals surface area (Å²) >= 11 is 6.44. The first-order chi connectivity index (χ1) is 13.2. The molecule has 2 nitrogen and oxygen atoms in total. The highest BCUT2D eigenvalue weighted by Crippen LogP contribution is 2.28. The second kappa shape index (κ2) is 10.2. The van der Waals surface area contributed by atoms with Gasteiger partial charge in [0.05, 0.1) is 0 Å². The summed E-state index contributed by atoms with van der Waals surface area (Å²) in [4.78, 5) is 0. The average Bonchev–Trinajstić information content (AvgIpc) is 2.69. The van der Waals surface area contributed by atoms with Crippen LogP contribution in [-0.2, 0) is 17.8 Å². The summed E-state index contributed by atoms with van der Waals surface area (Å²) < 4.78 is 12.0. The molecule has 0 fully saturated rings. The van der Waals surface area contributed by atoms with E-state index in [2.05, 4.69) is 31.2 Å². The minimum absolute atomic E-state index is 0.564. The van der Waals surface area contributed by atoms with E-state index in [0.29, 0.717) is 6.61 Å². The Morgan fingerprint density at radius 1 is 1.04 bits per heavy atom. The van der Waals surface area contributed by atoms with E-state index in [1.807, 2.05) is 36.4 Å². The largest absolute Gasteiger partial charge is 0.489 e. The lowest BCUT2D eigenvalue weighted by Gasteiger charge is -2.16. The van der Waals surface area contributed by atoms with Crippen LogP contribution in [0.2, 0.25) is 5.02 Å². The molecule has 0 heterocycles. The summed E-state index contributed by atoms with van der Waals surface area (Å²) in [6, 6.07) is 16.2. The van der Waals surface area contributed by atoms with Crippen LogP contribution >= 0.6 is 11.6 Å². The third kappa shape index (κ3) is 6.18. The molecule has 0 bridgehead atoms. The molecule has 0 saturated heterocycles. The van der Waals surface area contributed by atoms with Gasteiger partial charge in [-0.05, 0) is 48.6 Å². The van der Waals surface area contributed by atoms with E-state index in [-0.39, 0.29) is 0 Å². The van der Waals surface area contributed by atoms with Crippen LogP contribution in [0.3, 0.4) is 0 Å². The van der Waals surface area contributed by atoms with Crippen molar-refractivity contribution in [2.24, 2.45) is 0 Å². The van der Waals surface area contributed by atoms with Gasteiger partial charge in [-0.15, -0.1) is 0 Å². The maximum absolute atomic E-state index is 6.44. The molecule has 0 spiro atoms. The zero-order valence-corrected chi connectivity index (χ0v) is 16.7. The lowest BCUT2D eigenvalue weighted by atomic mass is 10.1. The van der Waals surface area contributed by atoms with Crippen LogP contribution in [0.5, 0.6) is 5.75 Å². The van der Waals surface area contributed by atoms with Crippen LogP contribution < -0.4 is 4.74 Å². The number of benzene rings is 2. The van der Waals surface area contributed by atoms with Crippen molar-refractivity contribution in [2.45, 2.75) is 52.1 Å². The smallest absolute Gasteiger partial charge is 0.128 e. The van der Waals surface area contributed by atoms with Gasteiger partial charge in [-0.1, -0.05) is 67.8 Å². The van der Waals surface area contributed by atoms with Crippen LogP contribution in [0.1, 0.15) is 50.2 Å². The second-order valence-electron chi connectivity index (χ2n) is 6.84. The molecule has 0 N–H and O–H groups in total. The Kier molecular flexibility index (Phi) is 7.41. The quantitative estimate of drug-likeness (QED) is 0.426. The Morgan fingerprint density at radius 3 is 2.67 bits per heavy atom. The van der Waals surface area contributed by atoms with E-state index in [1.54, 1.807) is 0 Å². The molecule has 27 heavy (non-hydrogen) atoms. The lowest BCUT2D eigenvalue weighted by molar-refractivity contribution is 0.205. The molecule has 1 aliphatic carbocycles. The Labute approximate surface area is 167 Å². The van der Waals surface area contributed by atoms with Gasteiger partial charge < -0.3 is 9.47 Å². The SMILES string of the molecule is CCCCCc1ccc(OC2=CC(OCc3ccccc3)=CCC2)cc1Cl. The highest BCUT2D eigenvalue weighted by atomic mass is 35.5. The summed E-state index contributed by atoms with van der Waals surface area (Å²) in [5, 5.41) is 0.788. The number of hydrogen-bond acceptors (Lipinski definition) is 2. The molecule has 3 heteroatoms. The topological polar surface area (TPSA) is 18.5 Å². The highest BCUT2D eigenvalue weighted by Gasteiger charge is 2.10. The summed E-state index contributed by atoms with van der Waals surface area (Å²) in [5.74, 6) is 2.56. The van der Waals surface area contributed by atoms with E-state index in [9.17, 15) is 0 Å². The van der Waals surface area contributed by atoms with Crippen molar-refractivity contribution >= 4 is 11.6 Å². The number of halogens is 1. The molecular formula is C24H27ClO2. The van der Waals surface area contributed by atoms with Gasteiger partial charge in [0.25, 0.3) is 0 Å². The van der Waals surface area contributed by atoms with Crippen LogP contribution in [0.4, 0.5) is 0 Å². The maximum Gasteiger partial charge on any atom is 0.128 e. The number of ether oxygens (including phenoxy) is 2. The fraction of sp³-hybridized carbons (Fsp3) is 0.333. The minimum atomic E-state index is 0.564. The standard InChI is InChI=1S/C24H27ClO2/c1-2-3-5-11-20-14-15-23(17-24(20)25)27-22-13-8-12-21(16-22)26-18-19-9-6-4-7-10-19/h4,6-7,9-10,12,14-17H,2-3,5,8,11,13,18H2,1H3. The first-order valence-corrected chi connectivity index (χ1v) is 10.2. The Morgan fingerprint density at radius 2 is 1.89 bits per heavy atom. The fourth-order valence-corrected chi connectivity index (χ4v) is 3.34. The second-order valence-corrected chi connectivity index (χ2v) is 7.25. The Balaban J connectivity index is 1.57. The Bertz CT molecular complexity index is 793. The minimum Gasteiger partial charge on any atom is -0.489 e. The fourth-order valence-electron chi connectivity index (χ4n) is 3.08. The molecule has 142 valence electrons. The molecule has 1 aliphatic rings. The van der Waals surface area contributed by atoms with Crippen molar-refractivity contribution in [3.05, 3.63) is 88.4 Å². The number of rotatable bonds is 9. The molecule has 0 aromatic heterocycles. The van der Waals surface area contributed by atoms with E-state index in [4.69, 9.17) is 21.1 Å². The van der Waals surface area contributed by atoms with Gasteiger partial charge in [0.15, 0.2) is 0 Å². The maximum atomic E-state index is 6.44. The van der Waals surface area contributed by atoms with Gasteiger partial charge in [0.1, 0.15) is 23.9 Å². The predicted molar refractivity (Wildman–Crippen MR) is 112 cm³/mol. The monoisotopic (exact) mass is 382 g/mol. The zero-order valence-electron chi connectivity index (χ0n) is 15.9. The van der Waals surface area contributed by atoms with Crippen LogP contribution in [0.15, 0.2) is 72.2 Å². The summed E-state index contributed by atoms with van der Waals surface area (Å²) in [6.45, 7) is 2.78. The molecule has 0 radical (unpaired) electrons.